The van der Waals surface area contributed by atoms with Gasteiger partial charge in [0.25, 0.3) is 0 Å². The number of nitrogens with zero attached hydrogens (tertiary/aromatic N) is 2. The zero-order chi connectivity index (χ0) is 6.69. The second-order valence-electron chi connectivity index (χ2n) is 2.09. The molecule has 0 atom stereocenters. The van der Waals surface area contributed by atoms with E-state index in [1.807, 2.05) is 6.92 Å². The topological polar surface area (TPSA) is 27.6 Å². The molecule has 3 nitrogen and oxygen atoms in total. The summed E-state index contributed by atoms with van der Waals surface area (Å²) in [6, 6.07) is 0. The van der Waals surface area contributed by atoms with Crippen LogP contribution >= 0.6 is 0 Å². The monoisotopic (exact) mass is 127 g/mol. The maximum atomic E-state index is 4.22. The lowest BCUT2D eigenvalue weighted by Gasteiger charge is -2.17. The Morgan fingerprint density at radius 3 is 3.00 bits per heavy atom. The highest BCUT2D eigenvalue weighted by atomic mass is 15.5. The Morgan fingerprint density at radius 1 is 1.78 bits per heavy atom. The van der Waals surface area contributed by atoms with Crippen LogP contribution in [0.15, 0.2) is 4.99 Å². The Bertz CT molecular complexity index is 119. The Morgan fingerprint density at radius 2 is 2.56 bits per heavy atom. The Kier molecular flexibility index (Phi) is 2.05. The normalized spacial score (nSPS) is 18.4. The first-order valence-electron chi connectivity index (χ1n) is 3.36. The summed E-state index contributed by atoms with van der Waals surface area (Å²) in [6.07, 6.45) is 0. The van der Waals surface area contributed by atoms with Crippen molar-refractivity contribution in [3.05, 3.63) is 0 Å². The minimum absolute atomic E-state index is 0.943. The van der Waals surface area contributed by atoms with Crippen LogP contribution in [0.4, 0.5) is 0 Å². The van der Waals surface area contributed by atoms with Crippen LogP contribution in [0.3, 0.4) is 0 Å². The third-order valence-electron chi connectivity index (χ3n) is 1.40. The summed E-state index contributed by atoms with van der Waals surface area (Å²) >= 11 is 0. The van der Waals surface area contributed by atoms with Crippen molar-refractivity contribution in [1.29, 1.82) is 0 Å². The highest BCUT2D eigenvalue weighted by Gasteiger charge is 2.09. The van der Waals surface area contributed by atoms with Gasteiger partial charge in [-0.2, -0.15) is 0 Å². The molecule has 0 bridgehead atoms. The molecule has 1 heterocycles. The second-order valence-corrected chi connectivity index (χ2v) is 2.09. The number of rotatable bonds is 2. The molecule has 0 spiro atoms. The quantitative estimate of drug-likeness (QED) is 0.575. The van der Waals surface area contributed by atoms with Gasteiger partial charge in [0.05, 0.1) is 13.1 Å². The van der Waals surface area contributed by atoms with E-state index in [4.69, 9.17) is 0 Å². The maximum absolute atomic E-state index is 4.22. The molecule has 0 saturated carbocycles. The molecule has 1 aliphatic rings. The van der Waals surface area contributed by atoms with Crippen molar-refractivity contribution in [1.82, 2.24) is 10.4 Å². The predicted octanol–water partition coefficient (Wildman–Crippen LogP) is 0.245. The van der Waals surface area contributed by atoms with Crippen molar-refractivity contribution in [3.8, 4) is 0 Å². The van der Waals surface area contributed by atoms with Crippen LogP contribution in [0.5, 0.6) is 0 Å². The fraction of sp³-hybridized carbons (Fsp3) is 0.833. The SMILES string of the molecule is CCNN1CCN=C1C. The minimum atomic E-state index is 0.943. The Labute approximate surface area is 55.7 Å². The van der Waals surface area contributed by atoms with Gasteiger partial charge >= 0.3 is 0 Å². The average Bonchev–Trinajstić information content (AvgIpc) is 2.18. The summed E-state index contributed by atoms with van der Waals surface area (Å²) < 4.78 is 0. The zero-order valence-corrected chi connectivity index (χ0v) is 6.02. The van der Waals surface area contributed by atoms with E-state index in [0.717, 1.165) is 25.5 Å². The van der Waals surface area contributed by atoms with E-state index in [1.54, 1.807) is 0 Å². The molecule has 1 N–H and O–H groups in total. The van der Waals surface area contributed by atoms with Crippen molar-refractivity contribution in [3.63, 3.8) is 0 Å². The van der Waals surface area contributed by atoms with Crippen LogP contribution in [-0.4, -0.2) is 30.5 Å². The van der Waals surface area contributed by atoms with Crippen molar-refractivity contribution < 1.29 is 0 Å². The van der Waals surface area contributed by atoms with Gasteiger partial charge in [0.2, 0.25) is 0 Å². The van der Waals surface area contributed by atoms with Crippen LogP contribution in [0, 0.1) is 0 Å². The van der Waals surface area contributed by atoms with Gasteiger partial charge in [-0.05, 0) is 6.92 Å². The number of hydrogen-bond acceptors (Lipinski definition) is 3. The molecule has 0 radical (unpaired) electrons. The van der Waals surface area contributed by atoms with Crippen molar-refractivity contribution in [2.75, 3.05) is 19.6 Å². The molecule has 52 valence electrons. The highest BCUT2D eigenvalue weighted by Crippen LogP contribution is 1.95. The van der Waals surface area contributed by atoms with Crippen LogP contribution < -0.4 is 5.43 Å². The van der Waals surface area contributed by atoms with E-state index < -0.39 is 0 Å². The van der Waals surface area contributed by atoms with E-state index in [2.05, 4.69) is 22.4 Å². The summed E-state index contributed by atoms with van der Waals surface area (Å²) in [5.41, 5.74) is 3.20. The van der Waals surface area contributed by atoms with Crippen LogP contribution in [0.1, 0.15) is 13.8 Å². The largest absolute Gasteiger partial charge is 0.294 e. The van der Waals surface area contributed by atoms with Crippen LogP contribution in [-0.2, 0) is 0 Å². The molecule has 3 heteroatoms. The van der Waals surface area contributed by atoms with Crippen molar-refractivity contribution >= 4 is 5.84 Å². The molecule has 0 aromatic heterocycles. The highest BCUT2D eigenvalue weighted by molar-refractivity contribution is 5.80. The van der Waals surface area contributed by atoms with E-state index in [1.165, 1.54) is 0 Å². The number of nitrogens with one attached hydrogen (secondary N) is 1. The third-order valence-corrected chi connectivity index (χ3v) is 1.40. The fourth-order valence-corrected chi connectivity index (χ4v) is 0.943. The van der Waals surface area contributed by atoms with E-state index in [-0.39, 0.29) is 0 Å². The molecule has 0 unspecified atom stereocenters. The van der Waals surface area contributed by atoms with Gasteiger partial charge in [-0.25, -0.2) is 5.43 Å². The Balaban J connectivity index is 2.34. The molecular formula is C6H13N3. The molecule has 0 aromatic carbocycles. The number of hydrogen-bond donors (Lipinski definition) is 1. The first-order chi connectivity index (χ1) is 4.34. The molecule has 0 aromatic rings. The van der Waals surface area contributed by atoms with Gasteiger partial charge in [0, 0.05) is 6.54 Å². The number of amidine groups is 1. The van der Waals surface area contributed by atoms with E-state index in [0.29, 0.717) is 0 Å². The van der Waals surface area contributed by atoms with Crippen LogP contribution in [0.2, 0.25) is 0 Å². The van der Waals surface area contributed by atoms with Gasteiger partial charge in [-0.15, -0.1) is 0 Å². The Hall–Kier alpha value is -0.570. The fourth-order valence-electron chi connectivity index (χ4n) is 0.943. The molecule has 9 heavy (non-hydrogen) atoms. The molecule has 0 aliphatic carbocycles. The van der Waals surface area contributed by atoms with Crippen molar-refractivity contribution in [2.45, 2.75) is 13.8 Å². The summed E-state index contributed by atoms with van der Waals surface area (Å²) in [7, 11) is 0. The van der Waals surface area contributed by atoms with Gasteiger partial charge in [-0.1, -0.05) is 6.92 Å². The zero-order valence-electron chi connectivity index (χ0n) is 6.02. The third kappa shape index (κ3) is 1.42. The molecule has 0 amide bonds. The maximum Gasteiger partial charge on any atom is 0.110 e. The summed E-state index contributed by atoms with van der Waals surface area (Å²) in [5.74, 6) is 1.11. The number of hydrazine groups is 1. The van der Waals surface area contributed by atoms with Gasteiger partial charge in [0.15, 0.2) is 0 Å². The van der Waals surface area contributed by atoms with Gasteiger partial charge in [0.1, 0.15) is 5.84 Å². The van der Waals surface area contributed by atoms with Crippen LogP contribution in [0.25, 0.3) is 0 Å². The standard InChI is InChI=1S/C6H13N3/c1-3-8-9-5-4-7-6(9)2/h8H,3-5H2,1-2H3. The second kappa shape index (κ2) is 2.82. The molecule has 0 fully saturated rings. The lowest BCUT2D eigenvalue weighted by molar-refractivity contribution is 0.342. The average molecular weight is 127 g/mol. The molecule has 1 aliphatic heterocycles. The lowest BCUT2D eigenvalue weighted by atomic mass is 10.6. The predicted molar refractivity (Wildman–Crippen MR) is 38.4 cm³/mol. The summed E-state index contributed by atoms with van der Waals surface area (Å²) in [6.45, 7) is 7.06. The smallest absolute Gasteiger partial charge is 0.110 e. The van der Waals surface area contributed by atoms with Gasteiger partial charge in [-0.3, -0.25) is 10.0 Å². The number of aliphatic imine (C=N–C) groups is 1. The molecule has 0 saturated heterocycles. The first kappa shape index (κ1) is 6.55. The first-order valence-corrected chi connectivity index (χ1v) is 3.36. The summed E-state index contributed by atoms with van der Waals surface area (Å²) in [4.78, 5) is 4.22. The van der Waals surface area contributed by atoms with Gasteiger partial charge < -0.3 is 0 Å². The minimum Gasteiger partial charge on any atom is -0.294 e. The molecule has 1 rings (SSSR count). The van der Waals surface area contributed by atoms with Crippen molar-refractivity contribution in [2.24, 2.45) is 4.99 Å². The van der Waals surface area contributed by atoms with E-state index in [9.17, 15) is 0 Å². The lowest BCUT2D eigenvalue weighted by Crippen LogP contribution is -2.39. The molecular weight excluding hydrogens is 114 g/mol. The van der Waals surface area contributed by atoms with E-state index >= 15 is 0 Å². The summed E-state index contributed by atoms with van der Waals surface area (Å²) in [5, 5.41) is 2.08.